The van der Waals surface area contributed by atoms with E-state index in [0.29, 0.717) is 18.1 Å². The predicted octanol–water partition coefficient (Wildman–Crippen LogP) is 3.01. The van der Waals surface area contributed by atoms with Crippen molar-refractivity contribution in [2.24, 2.45) is 0 Å². The molecule has 1 aliphatic heterocycles. The SMILES string of the molecule is O=C(NCCN1CCOCC1)c1ccc(Nc2nccc(-c3cccs3)n2)cc1. The summed E-state index contributed by atoms with van der Waals surface area (Å²) in [4.78, 5) is 24.5. The quantitative estimate of drug-likeness (QED) is 0.625. The van der Waals surface area contributed by atoms with E-state index >= 15 is 0 Å². The molecular formula is C21H23N5O2S. The van der Waals surface area contributed by atoms with Gasteiger partial charge in [-0.25, -0.2) is 9.97 Å². The second-order valence-electron chi connectivity index (χ2n) is 6.66. The molecule has 0 spiro atoms. The summed E-state index contributed by atoms with van der Waals surface area (Å²) in [5, 5.41) is 8.19. The predicted molar refractivity (Wildman–Crippen MR) is 115 cm³/mol. The number of hydrogen-bond donors (Lipinski definition) is 2. The van der Waals surface area contributed by atoms with Gasteiger partial charge < -0.3 is 15.4 Å². The first kappa shape index (κ1) is 19.5. The highest BCUT2D eigenvalue weighted by Gasteiger charge is 2.11. The van der Waals surface area contributed by atoms with Crippen molar-refractivity contribution in [1.29, 1.82) is 0 Å². The van der Waals surface area contributed by atoms with E-state index < -0.39 is 0 Å². The van der Waals surface area contributed by atoms with Gasteiger partial charge in [-0.05, 0) is 41.8 Å². The average molecular weight is 410 g/mol. The number of anilines is 2. The lowest BCUT2D eigenvalue weighted by molar-refractivity contribution is 0.0383. The average Bonchev–Trinajstić information content (AvgIpc) is 3.30. The summed E-state index contributed by atoms with van der Waals surface area (Å²) in [7, 11) is 0. The molecule has 1 amide bonds. The Labute approximate surface area is 173 Å². The van der Waals surface area contributed by atoms with Crippen LogP contribution in [0.5, 0.6) is 0 Å². The second-order valence-corrected chi connectivity index (χ2v) is 7.60. The largest absolute Gasteiger partial charge is 0.379 e. The molecule has 4 rings (SSSR count). The third kappa shape index (κ3) is 5.38. The molecule has 1 aromatic carbocycles. The van der Waals surface area contributed by atoms with Crippen LogP contribution in [0, 0.1) is 0 Å². The maximum absolute atomic E-state index is 12.3. The van der Waals surface area contributed by atoms with Crippen molar-refractivity contribution in [2.75, 3.05) is 44.7 Å². The molecule has 0 aliphatic carbocycles. The van der Waals surface area contributed by atoms with Gasteiger partial charge in [-0.15, -0.1) is 11.3 Å². The first-order chi connectivity index (χ1) is 14.3. The lowest BCUT2D eigenvalue weighted by Gasteiger charge is -2.26. The Morgan fingerprint density at radius 2 is 1.97 bits per heavy atom. The van der Waals surface area contributed by atoms with Crippen LogP contribution >= 0.6 is 11.3 Å². The smallest absolute Gasteiger partial charge is 0.251 e. The molecule has 2 aromatic heterocycles. The summed E-state index contributed by atoms with van der Waals surface area (Å²) in [6.45, 7) is 4.84. The Balaban J connectivity index is 1.31. The minimum atomic E-state index is -0.0687. The van der Waals surface area contributed by atoms with E-state index in [-0.39, 0.29) is 5.91 Å². The molecule has 150 valence electrons. The van der Waals surface area contributed by atoms with E-state index in [1.165, 1.54) is 0 Å². The third-order valence-electron chi connectivity index (χ3n) is 4.65. The van der Waals surface area contributed by atoms with Crippen LogP contribution in [0.4, 0.5) is 11.6 Å². The summed E-state index contributed by atoms with van der Waals surface area (Å²) in [6.07, 6.45) is 1.74. The van der Waals surface area contributed by atoms with Crippen molar-refractivity contribution in [2.45, 2.75) is 0 Å². The highest BCUT2D eigenvalue weighted by Crippen LogP contribution is 2.23. The first-order valence-corrected chi connectivity index (χ1v) is 10.5. The van der Waals surface area contributed by atoms with Gasteiger partial charge in [0.2, 0.25) is 5.95 Å². The zero-order valence-electron chi connectivity index (χ0n) is 16.0. The fraction of sp³-hybridized carbons (Fsp3) is 0.286. The van der Waals surface area contributed by atoms with E-state index in [2.05, 4.69) is 25.5 Å². The summed E-state index contributed by atoms with van der Waals surface area (Å²) in [5.74, 6) is 0.458. The number of nitrogens with one attached hydrogen (secondary N) is 2. The number of amides is 1. The van der Waals surface area contributed by atoms with Crippen molar-refractivity contribution in [3.63, 3.8) is 0 Å². The lowest BCUT2D eigenvalue weighted by atomic mass is 10.2. The van der Waals surface area contributed by atoms with E-state index in [9.17, 15) is 4.79 Å². The second kappa shape index (κ2) is 9.60. The Kier molecular flexibility index (Phi) is 6.45. The van der Waals surface area contributed by atoms with E-state index in [0.717, 1.165) is 49.1 Å². The molecule has 0 unspecified atom stereocenters. The minimum Gasteiger partial charge on any atom is -0.379 e. The Morgan fingerprint density at radius 3 is 2.72 bits per heavy atom. The number of carbonyl (C=O) groups excluding carboxylic acids is 1. The molecule has 1 fully saturated rings. The summed E-state index contributed by atoms with van der Waals surface area (Å²) < 4.78 is 5.33. The molecule has 0 radical (unpaired) electrons. The number of morpholine rings is 1. The molecule has 1 saturated heterocycles. The van der Waals surface area contributed by atoms with Gasteiger partial charge in [0, 0.05) is 43.6 Å². The number of carbonyl (C=O) groups is 1. The molecule has 8 heteroatoms. The van der Waals surface area contributed by atoms with Crippen molar-refractivity contribution in [3.8, 4) is 10.6 Å². The van der Waals surface area contributed by atoms with Gasteiger partial charge in [0.1, 0.15) is 0 Å². The number of aromatic nitrogens is 2. The van der Waals surface area contributed by atoms with Crippen LogP contribution in [-0.2, 0) is 4.74 Å². The molecule has 1 aliphatic rings. The zero-order chi connectivity index (χ0) is 19.9. The van der Waals surface area contributed by atoms with Gasteiger partial charge in [0.25, 0.3) is 5.91 Å². The number of nitrogens with zero attached hydrogens (tertiary/aromatic N) is 3. The molecule has 2 N–H and O–H groups in total. The van der Waals surface area contributed by atoms with Gasteiger partial charge in [-0.2, -0.15) is 0 Å². The summed E-state index contributed by atoms with van der Waals surface area (Å²) >= 11 is 1.64. The zero-order valence-corrected chi connectivity index (χ0v) is 16.8. The maximum Gasteiger partial charge on any atom is 0.251 e. The van der Waals surface area contributed by atoms with E-state index in [1.807, 2.05) is 35.7 Å². The Bertz CT molecular complexity index is 925. The molecular weight excluding hydrogens is 386 g/mol. The van der Waals surface area contributed by atoms with Crippen LogP contribution in [0.2, 0.25) is 0 Å². The van der Waals surface area contributed by atoms with Crippen molar-refractivity contribution >= 4 is 28.9 Å². The molecule has 0 saturated carbocycles. The van der Waals surface area contributed by atoms with Crippen LogP contribution < -0.4 is 10.6 Å². The Hall–Kier alpha value is -2.81. The highest BCUT2D eigenvalue weighted by atomic mass is 32.1. The number of ether oxygens (including phenoxy) is 1. The van der Waals surface area contributed by atoms with Gasteiger partial charge in [-0.3, -0.25) is 9.69 Å². The van der Waals surface area contributed by atoms with E-state index in [1.54, 1.807) is 29.7 Å². The highest BCUT2D eigenvalue weighted by molar-refractivity contribution is 7.13. The molecule has 3 heterocycles. The number of hydrogen-bond acceptors (Lipinski definition) is 7. The van der Waals surface area contributed by atoms with E-state index in [4.69, 9.17) is 4.74 Å². The van der Waals surface area contributed by atoms with Gasteiger partial charge in [0.15, 0.2) is 0 Å². The Morgan fingerprint density at radius 1 is 1.14 bits per heavy atom. The van der Waals surface area contributed by atoms with Crippen molar-refractivity contribution in [1.82, 2.24) is 20.2 Å². The molecule has 0 atom stereocenters. The maximum atomic E-state index is 12.3. The van der Waals surface area contributed by atoms with Crippen LogP contribution in [-0.4, -0.2) is 60.2 Å². The van der Waals surface area contributed by atoms with Crippen LogP contribution in [0.25, 0.3) is 10.6 Å². The monoisotopic (exact) mass is 409 g/mol. The van der Waals surface area contributed by atoms with Gasteiger partial charge in [-0.1, -0.05) is 6.07 Å². The molecule has 7 nitrogen and oxygen atoms in total. The topological polar surface area (TPSA) is 79.4 Å². The first-order valence-electron chi connectivity index (χ1n) is 9.60. The standard InChI is InChI=1S/C21H23N5O2S/c27-20(22-9-10-26-11-13-28-14-12-26)16-3-5-17(6-4-16)24-21-23-8-7-18(25-21)19-2-1-15-29-19/h1-8,15H,9-14H2,(H,22,27)(H,23,24,25). The van der Waals surface area contributed by atoms with Crippen LogP contribution in [0.15, 0.2) is 54.0 Å². The number of benzene rings is 1. The number of rotatable bonds is 7. The third-order valence-corrected chi connectivity index (χ3v) is 5.54. The molecule has 29 heavy (non-hydrogen) atoms. The van der Waals surface area contributed by atoms with Crippen molar-refractivity contribution < 1.29 is 9.53 Å². The molecule has 0 bridgehead atoms. The molecule has 3 aromatic rings. The lowest BCUT2D eigenvalue weighted by Crippen LogP contribution is -2.41. The van der Waals surface area contributed by atoms with Gasteiger partial charge >= 0.3 is 0 Å². The number of thiophene rings is 1. The van der Waals surface area contributed by atoms with Crippen LogP contribution in [0.3, 0.4) is 0 Å². The summed E-state index contributed by atoms with van der Waals surface area (Å²) in [6, 6.07) is 13.2. The summed E-state index contributed by atoms with van der Waals surface area (Å²) in [5.41, 5.74) is 2.35. The fourth-order valence-corrected chi connectivity index (χ4v) is 3.76. The van der Waals surface area contributed by atoms with Crippen LogP contribution in [0.1, 0.15) is 10.4 Å². The minimum absolute atomic E-state index is 0.0687. The van der Waals surface area contributed by atoms with Crippen molar-refractivity contribution in [3.05, 3.63) is 59.6 Å². The van der Waals surface area contributed by atoms with Gasteiger partial charge in [0.05, 0.1) is 23.8 Å². The normalized spacial score (nSPS) is 14.5. The fourth-order valence-electron chi connectivity index (χ4n) is 3.07.